The van der Waals surface area contributed by atoms with Gasteiger partial charge in [0.1, 0.15) is 29.9 Å². The van der Waals surface area contributed by atoms with Crippen molar-refractivity contribution in [2.45, 2.75) is 39.4 Å². The second kappa shape index (κ2) is 9.07. The molecule has 7 nitrogen and oxygen atoms in total. The van der Waals surface area contributed by atoms with Gasteiger partial charge in [0.05, 0.1) is 17.0 Å². The Morgan fingerprint density at radius 3 is 2.57 bits per heavy atom. The van der Waals surface area contributed by atoms with Crippen LogP contribution in [0.1, 0.15) is 25.0 Å². The standard InChI is InChI=1S/C22H24FN3O4/c1-15-4-9-20(26(28)29)10-22(15)30-14-24-11-16(2)25(21(13-27)17(24)3)12-18-5-7-19(23)8-6-18/h4-10,16-17H,11-12,14H2,1-3H3/t16-,17+/m1/s1. The molecule has 1 aliphatic rings. The Bertz CT molecular complexity index is 973. The van der Waals surface area contributed by atoms with Gasteiger partial charge in [0.2, 0.25) is 0 Å². The molecule has 0 spiro atoms. The number of nitro benzene ring substituents is 1. The van der Waals surface area contributed by atoms with E-state index >= 15 is 0 Å². The molecule has 0 aliphatic carbocycles. The van der Waals surface area contributed by atoms with Crippen LogP contribution in [0.5, 0.6) is 5.75 Å². The van der Waals surface area contributed by atoms with Crippen molar-refractivity contribution in [1.29, 1.82) is 0 Å². The predicted octanol–water partition coefficient (Wildman–Crippen LogP) is 3.69. The van der Waals surface area contributed by atoms with Crippen molar-refractivity contribution in [3.05, 3.63) is 75.2 Å². The minimum atomic E-state index is -0.460. The van der Waals surface area contributed by atoms with E-state index in [0.717, 1.165) is 11.1 Å². The van der Waals surface area contributed by atoms with Gasteiger partial charge in [-0.25, -0.2) is 9.18 Å². The van der Waals surface area contributed by atoms with Crippen molar-refractivity contribution >= 4 is 11.6 Å². The molecule has 2 aromatic carbocycles. The van der Waals surface area contributed by atoms with Gasteiger partial charge in [-0.1, -0.05) is 12.1 Å². The van der Waals surface area contributed by atoms with Gasteiger partial charge in [0, 0.05) is 25.2 Å². The maximum atomic E-state index is 13.2. The summed E-state index contributed by atoms with van der Waals surface area (Å²) >= 11 is 0. The first-order valence-electron chi connectivity index (χ1n) is 9.68. The second-order valence-corrected chi connectivity index (χ2v) is 7.52. The lowest BCUT2D eigenvalue weighted by Crippen LogP contribution is -2.55. The van der Waals surface area contributed by atoms with Crippen molar-refractivity contribution in [3.8, 4) is 5.75 Å². The fourth-order valence-electron chi connectivity index (χ4n) is 3.59. The van der Waals surface area contributed by atoms with Crippen LogP contribution in [0.3, 0.4) is 0 Å². The van der Waals surface area contributed by atoms with Gasteiger partial charge >= 0.3 is 0 Å². The molecule has 1 saturated heterocycles. The van der Waals surface area contributed by atoms with Crippen molar-refractivity contribution < 1.29 is 18.8 Å². The number of carbonyl (C=O) groups excluding carboxylic acids is 1. The molecule has 1 aliphatic heterocycles. The summed E-state index contributed by atoms with van der Waals surface area (Å²) < 4.78 is 19.0. The number of hydrogen-bond acceptors (Lipinski definition) is 6. The van der Waals surface area contributed by atoms with Gasteiger partial charge in [-0.2, -0.15) is 0 Å². The third kappa shape index (κ3) is 4.67. The zero-order chi connectivity index (χ0) is 21.8. The normalized spacial score (nSPS) is 19.5. The lowest BCUT2D eigenvalue weighted by atomic mass is 10.0. The minimum Gasteiger partial charge on any atom is -0.478 e. The second-order valence-electron chi connectivity index (χ2n) is 7.52. The first kappa shape index (κ1) is 21.5. The fraction of sp³-hybridized carbons (Fsp3) is 0.364. The monoisotopic (exact) mass is 413 g/mol. The molecular weight excluding hydrogens is 389 g/mol. The first-order chi connectivity index (χ1) is 14.3. The summed E-state index contributed by atoms with van der Waals surface area (Å²) in [7, 11) is 0. The van der Waals surface area contributed by atoms with Gasteiger partial charge in [-0.05, 0) is 50.1 Å². The lowest BCUT2D eigenvalue weighted by molar-refractivity contribution is -0.385. The summed E-state index contributed by atoms with van der Waals surface area (Å²) in [6.07, 6.45) is 0. The average Bonchev–Trinajstić information content (AvgIpc) is 2.72. The van der Waals surface area contributed by atoms with Crippen LogP contribution in [-0.4, -0.2) is 46.0 Å². The number of ether oxygens (including phenoxy) is 1. The number of hydrogen-bond donors (Lipinski definition) is 0. The van der Waals surface area contributed by atoms with Gasteiger partial charge in [-0.3, -0.25) is 15.0 Å². The van der Waals surface area contributed by atoms with Crippen LogP contribution in [0.25, 0.3) is 0 Å². The quantitative estimate of drug-likeness (QED) is 0.408. The number of benzene rings is 2. The van der Waals surface area contributed by atoms with E-state index in [9.17, 15) is 19.3 Å². The van der Waals surface area contributed by atoms with Crippen LogP contribution in [0.4, 0.5) is 10.1 Å². The Balaban J connectivity index is 1.72. The zero-order valence-electron chi connectivity index (χ0n) is 17.2. The number of halogens is 1. The Kier molecular flexibility index (Phi) is 6.50. The van der Waals surface area contributed by atoms with Gasteiger partial charge < -0.3 is 9.64 Å². The highest BCUT2D eigenvalue weighted by molar-refractivity contribution is 5.54. The van der Waals surface area contributed by atoms with E-state index in [1.54, 1.807) is 18.2 Å². The third-order valence-corrected chi connectivity index (χ3v) is 5.42. The van der Waals surface area contributed by atoms with E-state index < -0.39 is 4.92 Å². The zero-order valence-corrected chi connectivity index (χ0v) is 17.2. The first-order valence-corrected chi connectivity index (χ1v) is 9.68. The minimum absolute atomic E-state index is 0.00231. The van der Waals surface area contributed by atoms with Crippen LogP contribution >= 0.6 is 0 Å². The number of aryl methyl sites for hydroxylation is 1. The predicted molar refractivity (Wildman–Crippen MR) is 110 cm³/mol. The van der Waals surface area contributed by atoms with E-state index in [0.29, 0.717) is 24.5 Å². The summed E-state index contributed by atoms with van der Waals surface area (Å²) in [6.45, 7) is 7.01. The Hall–Kier alpha value is -3.22. The number of rotatable bonds is 6. The SMILES string of the molecule is Cc1ccc([N+](=O)[O-])cc1OCN1C[C@@H](C)N(Cc2ccc(F)cc2)C(=C=O)[C@@H]1C. The molecule has 0 N–H and O–H groups in total. The van der Waals surface area contributed by atoms with E-state index in [4.69, 9.17) is 4.74 Å². The number of nitro groups is 1. The van der Waals surface area contributed by atoms with Crippen LogP contribution < -0.4 is 4.74 Å². The van der Waals surface area contributed by atoms with E-state index in [2.05, 4.69) is 5.94 Å². The number of non-ortho nitro benzene ring substituents is 1. The van der Waals surface area contributed by atoms with Crippen molar-refractivity contribution in [1.82, 2.24) is 9.80 Å². The number of nitrogens with zero attached hydrogens (tertiary/aromatic N) is 3. The Morgan fingerprint density at radius 2 is 1.93 bits per heavy atom. The van der Waals surface area contributed by atoms with E-state index in [1.165, 1.54) is 24.3 Å². The molecule has 8 heteroatoms. The molecule has 1 heterocycles. The van der Waals surface area contributed by atoms with Crippen molar-refractivity contribution in [2.24, 2.45) is 0 Å². The summed E-state index contributed by atoms with van der Waals surface area (Å²) in [6, 6.07) is 10.5. The lowest BCUT2D eigenvalue weighted by Gasteiger charge is -2.45. The van der Waals surface area contributed by atoms with Gasteiger partial charge in [-0.15, -0.1) is 0 Å². The summed E-state index contributed by atoms with van der Waals surface area (Å²) in [4.78, 5) is 26.3. The van der Waals surface area contributed by atoms with Crippen molar-refractivity contribution in [2.75, 3.05) is 13.3 Å². The van der Waals surface area contributed by atoms with Crippen molar-refractivity contribution in [3.63, 3.8) is 0 Å². The topological polar surface area (TPSA) is 75.9 Å². The molecular formula is C22H24FN3O4. The summed E-state index contributed by atoms with van der Waals surface area (Å²) in [5.41, 5.74) is 2.16. The molecule has 0 saturated carbocycles. The molecule has 3 rings (SSSR count). The molecule has 2 atom stereocenters. The molecule has 0 aromatic heterocycles. The summed E-state index contributed by atoms with van der Waals surface area (Å²) in [5, 5.41) is 11.0. The van der Waals surface area contributed by atoms with Crippen LogP contribution in [0, 0.1) is 22.9 Å². The van der Waals surface area contributed by atoms with E-state index in [1.807, 2.05) is 30.6 Å². The van der Waals surface area contributed by atoms with E-state index in [-0.39, 0.29) is 30.3 Å². The molecule has 0 amide bonds. The maximum Gasteiger partial charge on any atom is 0.273 e. The molecule has 0 radical (unpaired) electrons. The van der Waals surface area contributed by atoms with Crippen LogP contribution in [0.2, 0.25) is 0 Å². The molecule has 0 bridgehead atoms. The fourth-order valence-corrected chi connectivity index (χ4v) is 3.59. The highest BCUT2D eigenvalue weighted by Gasteiger charge is 2.34. The highest BCUT2D eigenvalue weighted by atomic mass is 19.1. The largest absolute Gasteiger partial charge is 0.478 e. The third-order valence-electron chi connectivity index (χ3n) is 5.42. The number of piperazine rings is 1. The molecule has 30 heavy (non-hydrogen) atoms. The Labute approximate surface area is 174 Å². The van der Waals surface area contributed by atoms with Gasteiger partial charge in [0.25, 0.3) is 5.69 Å². The molecule has 1 fully saturated rings. The van der Waals surface area contributed by atoms with Gasteiger partial charge in [0.15, 0.2) is 0 Å². The summed E-state index contributed by atoms with van der Waals surface area (Å²) in [5.74, 6) is 2.20. The highest BCUT2D eigenvalue weighted by Crippen LogP contribution is 2.28. The Morgan fingerprint density at radius 1 is 1.23 bits per heavy atom. The average molecular weight is 413 g/mol. The smallest absolute Gasteiger partial charge is 0.273 e. The van der Waals surface area contributed by atoms with Crippen LogP contribution in [0.15, 0.2) is 48.2 Å². The molecule has 0 unspecified atom stereocenters. The molecule has 2 aromatic rings. The molecule has 158 valence electrons. The maximum absolute atomic E-state index is 13.2. The van der Waals surface area contributed by atoms with Crippen LogP contribution in [-0.2, 0) is 11.3 Å².